The number of rotatable bonds is 4. The van der Waals surface area contributed by atoms with Gasteiger partial charge in [-0.25, -0.2) is 0 Å². The summed E-state index contributed by atoms with van der Waals surface area (Å²) in [6.45, 7) is 0.186. The quantitative estimate of drug-likeness (QED) is 0.830. The van der Waals surface area contributed by atoms with Crippen LogP contribution in [0.1, 0.15) is 38.5 Å². The van der Waals surface area contributed by atoms with Crippen molar-refractivity contribution in [3.8, 4) is 0 Å². The maximum absolute atomic E-state index is 12.3. The molecule has 1 amide bonds. The molecule has 2 aliphatic rings. The van der Waals surface area contributed by atoms with E-state index in [0.717, 1.165) is 38.5 Å². The van der Waals surface area contributed by atoms with E-state index >= 15 is 0 Å². The van der Waals surface area contributed by atoms with E-state index in [-0.39, 0.29) is 11.8 Å². The van der Waals surface area contributed by atoms with Crippen molar-refractivity contribution < 1.29 is 18.0 Å². The number of likely N-dealkylation sites (tertiary alicyclic amines) is 1. The van der Waals surface area contributed by atoms with Gasteiger partial charge in [0.2, 0.25) is 5.91 Å². The van der Waals surface area contributed by atoms with Gasteiger partial charge in [-0.2, -0.15) is 13.2 Å². The second-order valence-corrected chi connectivity index (χ2v) is 6.28. The van der Waals surface area contributed by atoms with Crippen LogP contribution in [0.15, 0.2) is 0 Å². The van der Waals surface area contributed by atoms with Gasteiger partial charge in [-0.1, -0.05) is 0 Å². The summed E-state index contributed by atoms with van der Waals surface area (Å²) in [5, 5.41) is 3.54. The fourth-order valence-corrected chi connectivity index (χ4v) is 3.39. The number of alkyl halides is 3. The van der Waals surface area contributed by atoms with Crippen LogP contribution in [0.3, 0.4) is 0 Å². The van der Waals surface area contributed by atoms with Crippen LogP contribution < -0.4 is 11.1 Å². The molecule has 4 nitrogen and oxygen atoms in total. The first-order valence-electron chi connectivity index (χ1n) is 7.68. The molecule has 122 valence electrons. The normalized spacial score (nSPS) is 29.5. The summed E-state index contributed by atoms with van der Waals surface area (Å²) in [5.74, 6) is -0.217. The minimum absolute atomic E-state index is 0.00307. The molecule has 0 aromatic rings. The Bertz CT molecular complexity index is 346. The number of hydrogen-bond acceptors (Lipinski definition) is 3. The van der Waals surface area contributed by atoms with E-state index in [1.54, 1.807) is 0 Å². The molecular formula is C14H24F3N3O. The molecule has 7 heteroatoms. The Morgan fingerprint density at radius 2 is 1.57 bits per heavy atom. The Morgan fingerprint density at radius 3 is 2.05 bits per heavy atom. The van der Waals surface area contributed by atoms with Crippen molar-refractivity contribution in [3.05, 3.63) is 0 Å². The van der Waals surface area contributed by atoms with Gasteiger partial charge in [0.25, 0.3) is 0 Å². The number of halogens is 3. The zero-order chi connectivity index (χ0) is 15.5. The number of nitrogens with two attached hydrogens (primary N) is 1. The summed E-state index contributed by atoms with van der Waals surface area (Å²) >= 11 is 0. The van der Waals surface area contributed by atoms with Gasteiger partial charge in [-0.3, -0.25) is 9.69 Å². The first-order valence-corrected chi connectivity index (χ1v) is 7.68. The van der Waals surface area contributed by atoms with Crippen LogP contribution in [-0.2, 0) is 4.79 Å². The number of piperidine rings is 1. The van der Waals surface area contributed by atoms with Gasteiger partial charge in [0.05, 0.1) is 6.54 Å². The molecule has 1 saturated heterocycles. The zero-order valence-electron chi connectivity index (χ0n) is 12.2. The first-order chi connectivity index (χ1) is 9.83. The molecule has 1 saturated carbocycles. The maximum Gasteiger partial charge on any atom is 0.401 e. The van der Waals surface area contributed by atoms with E-state index in [9.17, 15) is 18.0 Å². The third-order valence-electron chi connectivity index (χ3n) is 4.59. The summed E-state index contributed by atoms with van der Waals surface area (Å²) < 4.78 is 37.0. The van der Waals surface area contributed by atoms with Gasteiger partial charge in [0.1, 0.15) is 0 Å². The van der Waals surface area contributed by atoms with Crippen LogP contribution in [-0.4, -0.2) is 48.7 Å². The Hall–Kier alpha value is -0.820. The highest BCUT2D eigenvalue weighted by Crippen LogP contribution is 2.25. The smallest absolute Gasteiger partial charge is 0.369 e. The van der Waals surface area contributed by atoms with Crippen molar-refractivity contribution in [2.24, 2.45) is 11.7 Å². The van der Waals surface area contributed by atoms with Crippen LogP contribution in [0, 0.1) is 5.92 Å². The van der Waals surface area contributed by atoms with Gasteiger partial charge in [-0.15, -0.1) is 0 Å². The highest BCUT2D eigenvalue weighted by molar-refractivity contribution is 5.76. The zero-order valence-corrected chi connectivity index (χ0v) is 12.2. The molecule has 0 unspecified atom stereocenters. The third-order valence-corrected chi connectivity index (χ3v) is 4.59. The molecule has 21 heavy (non-hydrogen) atoms. The highest BCUT2D eigenvalue weighted by atomic mass is 19.4. The van der Waals surface area contributed by atoms with E-state index in [4.69, 9.17) is 5.73 Å². The SMILES string of the molecule is NC(=O)C1CCC(NC2CCN(CC(F)(F)F)CC2)CC1. The summed E-state index contributed by atoms with van der Waals surface area (Å²) in [7, 11) is 0. The van der Waals surface area contributed by atoms with Crippen molar-refractivity contribution in [3.63, 3.8) is 0 Å². The van der Waals surface area contributed by atoms with Crippen molar-refractivity contribution in [1.82, 2.24) is 10.2 Å². The van der Waals surface area contributed by atoms with Crippen molar-refractivity contribution in [2.75, 3.05) is 19.6 Å². The molecule has 0 bridgehead atoms. The van der Waals surface area contributed by atoms with Crippen LogP contribution in [0.25, 0.3) is 0 Å². The molecule has 1 heterocycles. The molecule has 0 aromatic heterocycles. The second kappa shape index (κ2) is 6.96. The summed E-state index contributed by atoms with van der Waals surface area (Å²) in [4.78, 5) is 12.6. The summed E-state index contributed by atoms with van der Waals surface area (Å²) in [6, 6.07) is 0.671. The Kier molecular flexibility index (Phi) is 5.48. The average Bonchev–Trinajstić information content (AvgIpc) is 2.40. The highest BCUT2D eigenvalue weighted by Gasteiger charge is 2.33. The van der Waals surface area contributed by atoms with Crippen LogP contribution in [0.5, 0.6) is 0 Å². The standard InChI is InChI=1S/C14H24F3N3O/c15-14(16,17)9-20-7-5-12(6-8-20)19-11-3-1-10(2-4-11)13(18)21/h10-12,19H,1-9H2,(H2,18,21). The van der Waals surface area contributed by atoms with Gasteiger partial charge in [0, 0.05) is 18.0 Å². The lowest BCUT2D eigenvalue weighted by molar-refractivity contribution is -0.148. The average molecular weight is 307 g/mol. The molecule has 0 radical (unpaired) electrons. The molecule has 0 atom stereocenters. The molecule has 1 aliphatic carbocycles. The molecule has 1 aliphatic heterocycles. The fourth-order valence-electron chi connectivity index (χ4n) is 3.39. The lowest BCUT2D eigenvalue weighted by Crippen LogP contribution is -2.49. The van der Waals surface area contributed by atoms with Gasteiger partial charge in [-0.05, 0) is 51.6 Å². The minimum Gasteiger partial charge on any atom is -0.369 e. The molecular weight excluding hydrogens is 283 g/mol. The number of hydrogen-bond donors (Lipinski definition) is 2. The van der Waals surface area contributed by atoms with E-state index in [0.29, 0.717) is 25.2 Å². The number of carbonyl (C=O) groups is 1. The van der Waals surface area contributed by atoms with Crippen LogP contribution in [0.4, 0.5) is 13.2 Å². The number of nitrogens with one attached hydrogen (secondary N) is 1. The Balaban J connectivity index is 1.66. The maximum atomic E-state index is 12.3. The van der Waals surface area contributed by atoms with Gasteiger partial charge in [0.15, 0.2) is 0 Å². The number of primary amides is 1. The number of nitrogens with zero attached hydrogens (tertiary/aromatic N) is 1. The van der Waals surface area contributed by atoms with Crippen molar-refractivity contribution in [1.29, 1.82) is 0 Å². The monoisotopic (exact) mass is 307 g/mol. The van der Waals surface area contributed by atoms with Crippen LogP contribution in [0.2, 0.25) is 0 Å². The molecule has 2 fully saturated rings. The largest absolute Gasteiger partial charge is 0.401 e. The first kappa shape index (κ1) is 16.5. The number of amides is 1. The minimum atomic E-state index is -4.10. The topological polar surface area (TPSA) is 58.4 Å². The molecule has 0 spiro atoms. The van der Waals surface area contributed by atoms with Crippen molar-refractivity contribution in [2.45, 2.75) is 56.8 Å². The molecule has 2 rings (SSSR count). The van der Waals surface area contributed by atoms with E-state index < -0.39 is 12.7 Å². The lowest BCUT2D eigenvalue weighted by atomic mass is 9.85. The van der Waals surface area contributed by atoms with Gasteiger partial charge >= 0.3 is 6.18 Å². The number of carbonyl (C=O) groups excluding carboxylic acids is 1. The second-order valence-electron chi connectivity index (χ2n) is 6.28. The fraction of sp³-hybridized carbons (Fsp3) is 0.929. The molecule has 0 aromatic carbocycles. The molecule has 3 N–H and O–H groups in total. The van der Waals surface area contributed by atoms with E-state index in [2.05, 4.69) is 5.32 Å². The van der Waals surface area contributed by atoms with Crippen LogP contribution >= 0.6 is 0 Å². The van der Waals surface area contributed by atoms with E-state index in [1.807, 2.05) is 0 Å². The Labute approximate surface area is 123 Å². The Morgan fingerprint density at radius 1 is 1.05 bits per heavy atom. The predicted octanol–water partition coefficient (Wildman–Crippen LogP) is 1.65. The van der Waals surface area contributed by atoms with Gasteiger partial charge < -0.3 is 11.1 Å². The lowest BCUT2D eigenvalue weighted by Gasteiger charge is -2.36. The predicted molar refractivity (Wildman–Crippen MR) is 73.6 cm³/mol. The summed E-state index contributed by atoms with van der Waals surface area (Å²) in [5.41, 5.74) is 5.31. The summed E-state index contributed by atoms with van der Waals surface area (Å²) in [6.07, 6.45) is 0.900. The van der Waals surface area contributed by atoms with Crippen molar-refractivity contribution >= 4 is 5.91 Å². The third kappa shape index (κ3) is 5.47. The van der Waals surface area contributed by atoms with E-state index in [1.165, 1.54) is 4.90 Å².